The van der Waals surface area contributed by atoms with Gasteiger partial charge in [-0.15, -0.1) is 0 Å². The molecule has 2 aromatic carbocycles. The molecule has 178 valence electrons. The topological polar surface area (TPSA) is 79.4 Å². The Morgan fingerprint density at radius 2 is 1.79 bits per heavy atom. The number of amides is 1. The maximum absolute atomic E-state index is 13.0. The van der Waals surface area contributed by atoms with Gasteiger partial charge in [0, 0.05) is 38.4 Å². The SMILES string of the molecule is CCN(CC1COc2ccccc2O1)C(=O)CS(=O)(=O)N1CCN(c2cccc(C)c2)CC1. The quantitative estimate of drug-likeness (QED) is 0.613. The second kappa shape index (κ2) is 10.0. The lowest BCUT2D eigenvalue weighted by molar-refractivity contribution is -0.129. The number of benzene rings is 2. The number of para-hydroxylation sites is 2. The van der Waals surface area contributed by atoms with E-state index in [2.05, 4.69) is 11.0 Å². The van der Waals surface area contributed by atoms with Crippen LogP contribution in [0, 0.1) is 6.92 Å². The summed E-state index contributed by atoms with van der Waals surface area (Å²) < 4.78 is 39.0. The Hall–Kier alpha value is -2.78. The molecule has 0 saturated carbocycles. The highest BCUT2D eigenvalue weighted by molar-refractivity contribution is 7.89. The summed E-state index contributed by atoms with van der Waals surface area (Å²) in [5, 5.41) is 0. The maximum Gasteiger partial charge on any atom is 0.239 e. The number of nitrogens with zero attached hydrogens (tertiary/aromatic N) is 3. The van der Waals surface area contributed by atoms with Gasteiger partial charge in [-0.3, -0.25) is 4.79 Å². The molecule has 1 amide bonds. The molecule has 1 saturated heterocycles. The molecular weight excluding hydrogens is 442 g/mol. The number of carbonyl (C=O) groups is 1. The number of likely N-dealkylation sites (N-methyl/N-ethyl adjacent to an activating group) is 1. The lowest BCUT2D eigenvalue weighted by Crippen LogP contribution is -2.51. The summed E-state index contributed by atoms with van der Waals surface area (Å²) in [7, 11) is -3.70. The lowest BCUT2D eigenvalue weighted by Gasteiger charge is -2.36. The van der Waals surface area contributed by atoms with E-state index in [1.54, 1.807) is 0 Å². The van der Waals surface area contributed by atoms with Crippen molar-refractivity contribution in [2.45, 2.75) is 20.0 Å². The van der Waals surface area contributed by atoms with Crippen molar-refractivity contribution >= 4 is 21.6 Å². The lowest BCUT2D eigenvalue weighted by atomic mass is 10.2. The molecule has 2 aliphatic heterocycles. The molecule has 4 rings (SSSR count). The maximum atomic E-state index is 13.0. The van der Waals surface area contributed by atoms with Gasteiger partial charge in [-0.05, 0) is 43.7 Å². The fourth-order valence-electron chi connectivity index (χ4n) is 4.19. The molecule has 0 aromatic heterocycles. The average Bonchev–Trinajstić information content (AvgIpc) is 2.82. The Kier molecular flexibility index (Phi) is 7.09. The van der Waals surface area contributed by atoms with E-state index < -0.39 is 21.7 Å². The molecule has 1 atom stereocenters. The zero-order valence-electron chi connectivity index (χ0n) is 19.1. The van der Waals surface area contributed by atoms with E-state index in [1.807, 2.05) is 56.3 Å². The van der Waals surface area contributed by atoms with Gasteiger partial charge >= 0.3 is 0 Å². The van der Waals surface area contributed by atoms with Gasteiger partial charge in [-0.1, -0.05) is 24.3 Å². The zero-order chi connectivity index (χ0) is 23.4. The first kappa shape index (κ1) is 23.4. The van der Waals surface area contributed by atoms with Crippen LogP contribution >= 0.6 is 0 Å². The van der Waals surface area contributed by atoms with Crippen LogP contribution in [0.1, 0.15) is 12.5 Å². The van der Waals surface area contributed by atoms with Crippen LogP contribution in [0.15, 0.2) is 48.5 Å². The summed E-state index contributed by atoms with van der Waals surface area (Å²) in [5.41, 5.74) is 2.26. The molecule has 2 aliphatic rings. The van der Waals surface area contributed by atoms with E-state index in [4.69, 9.17) is 9.47 Å². The number of anilines is 1. The molecule has 0 bridgehead atoms. The summed E-state index contributed by atoms with van der Waals surface area (Å²) in [6.45, 7) is 6.80. The van der Waals surface area contributed by atoms with E-state index in [9.17, 15) is 13.2 Å². The van der Waals surface area contributed by atoms with Gasteiger partial charge in [0.25, 0.3) is 0 Å². The van der Waals surface area contributed by atoms with Crippen LogP contribution in [0.2, 0.25) is 0 Å². The van der Waals surface area contributed by atoms with E-state index in [-0.39, 0.29) is 12.6 Å². The number of aryl methyl sites for hydroxylation is 1. The molecule has 9 heteroatoms. The molecule has 8 nitrogen and oxygen atoms in total. The number of rotatable bonds is 7. The van der Waals surface area contributed by atoms with Crippen LogP contribution in [-0.4, -0.2) is 81.3 Å². The molecule has 0 aliphatic carbocycles. The van der Waals surface area contributed by atoms with Crippen LogP contribution in [0.25, 0.3) is 0 Å². The molecule has 33 heavy (non-hydrogen) atoms. The first-order chi connectivity index (χ1) is 15.9. The Labute approximate surface area is 195 Å². The Morgan fingerprint density at radius 1 is 1.06 bits per heavy atom. The van der Waals surface area contributed by atoms with Gasteiger partial charge in [-0.2, -0.15) is 4.31 Å². The monoisotopic (exact) mass is 473 g/mol. The van der Waals surface area contributed by atoms with E-state index >= 15 is 0 Å². The molecule has 0 N–H and O–H groups in total. The first-order valence-corrected chi connectivity index (χ1v) is 12.9. The van der Waals surface area contributed by atoms with Gasteiger partial charge < -0.3 is 19.3 Å². The fraction of sp³-hybridized carbons (Fsp3) is 0.458. The predicted octanol–water partition coefficient (Wildman–Crippen LogP) is 2.14. The van der Waals surface area contributed by atoms with E-state index in [1.165, 1.54) is 14.8 Å². The smallest absolute Gasteiger partial charge is 0.239 e. The summed E-state index contributed by atoms with van der Waals surface area (Å²) in [4.78, 5) is 16.6. The number of piperazine rings is 1. The second-order valence-corrected chi connectivity index (χ2v) is 10.4. The van der Waals surface area contributed by atoms with Crippen molar-refractivity contribution < 1.29 is 22.7 Å². The number of carbonyl (C=O) groups excluding carboxylic acids is 1. The second-order valence-electron chi connectivity index (χ2n) is 8.41. The third kappa shape index (κ3) is 5.59. The minimum absolute atomic E-state index is 0.278. The molecule has 0 spiro atoms. The van der Waals surface area contributed by atoms with Crippen molar-refractivity contribution in [1.82, 2.24) is 9.21 Å². The van der Waals surface area contributed by atoms with Gasteiger partial charge in [-0.25, -0.2) is 8.42 Å². The molecule has 1 fully saturated rings. The summed E-state index contributed by atoms with van der Waals surface area (Å²) in [6, 6.07) is 15.6. The van der Waals surface area contributed by atoms with Crippen LogP contribution in [0.5, 0.6) is 11.5 Å². The zero-order valence-corrected chi connectivity index (χ0v) is 20.0. The van der Waals surface area contributed by atoms with Crippen LogP contribution in [-0.2, 0) is 14.8 Å². The average molecular weight is 474 g/mol. The Balaban J connectivity index is 1.32. The minimum atomic E-state index is -3.70. The number of ether oxygens (including phenoxy) is 2. The highest BCUT2D eigenvalue weighted by atomic mass is 32.2. The van der Waals surface area contributed by atoms with Crippen molar-refractivity contribution in [1.29, 1.82) is 0 Å². The van der Waals surface area contributed by atoms with Crippen LogP contribution < -0.4 is 14.4 Å². The van der Waals surface area contributed by atoms with E-state index in [0.29, 0.717) is 50.8 Å². The van der Waals surface area contributed by atoms with Crippen molar-refractivity contribution in [3.63, 3.8) is 0 Å². The highest BCUT2D eigenvalue weighted by Gasteiger charge is 2.32. The summed E-state index contributed by atoms with van der Waals surface area (Å²) in [5.74, 6) is 0.364. The van der Waals surface area contributed by atoms with Crippen molar-refractivity contribution in [2.75, 3.05) is 56.5 Å². The third-order valence-corrected chi connectivity index (χ3v) is 7.79. The van der Waals surface area contributed by atoms with Gasteiger partial charge in [0.2, 0.25) is 15.9 Å². The first-order valence-electron chi connectivity index (χ1n) is 11.3. The molecule has 2 heterocycles. The fourth-order valence-corrected chi connectivity index (χ4v) is 5.59. The van der Waals surface area contributed by atoms with E-state index in [0.717, 1.165) is 5.69 Å². The summed E-state index contributed by atoms with van der Waals surface area (Å²) >= 11 is 0. The molecule has 1 unspecified atom stereocenters. The molecule has 2 aromatic rings. The Bertz CT molecular complexity index is 1080. The Morgan fingerprint density at radius 3 is 2.48 bits per heavy atom. The van der Waals surface area contributed by atoms with Gasteiger partial charge in [0.1, 0.15) is 12.4 Å². The normalized spacial score (nSPS) is 18.7. The van der Waals surface area contributed by atoms with Crippen LogP contribution in [0.3, 0.4) is 0 Å². The minimum Gasteiger partial charge on any atom is -0.486 e. The number of sulfonamides is 1. The molecule has 0 radical (unpaired) electrons. The standard InChI is InChI=1S/C24H31N3O5S/c1-3-25(16-21-17-31-22-9-4-5-10-23(22)32-21)24(28)18-33(29,30)27-13-11-26(12-14-27)20-8-6-7-19(2)15-20/h4-10,15,21H,3,11-14,16-18H2,1-2H3. The summed E-state index contributed by atoms with van der Waals surface area (Å²) in [6.07, 6.45) is -0.343. The predicted molar refractivity (Wildman–Crippen MR) is 127 cm³/mol. The van der Waals surface area contributed by atoms with Gasteiger partial charge in [0.05, 0.1) is 6.54 Å². The highest BCUT2D eigenvalue weighted by Crippen LogP contribution is 2.31. The largest absolute Gasteiger partial charge is 0.486 e. The molecular formula is C24H31N3O5S. The number of hydrogen-bond donors (Lipinski definition) is 0. The van der Waals surface area contributed by atoms with Crippen molar-refractivity contribution in [3.05, 3.63) is 54.1 Å². The van der Waals surface area contributed by atoms with Gasteiger partial charge in [0.15, 0.2) is 17.6 Å². The van der Waals surface area contributed by atoms with Crippen molar-refractivity contribution in [3.8, 4) is 11.5 Å². The number of hydrogen-bond acceptors (Lipinski definition) is 6. The third-order valence-electron chi connectivity index (χ3n) is 6.03. The van der Waals surface area contributed by atoms with Crippen molar-refractivity contribution in [2.24, 2.45) is 0 Å². The number of fused-ring (bicyclic) bond motifs is 1. The van der Waals surface area contributed by atoms with Crippen LogP contribution in [0.4, 0.5) is 5.69 Å².